The van der Waals surface area contributed by atoms with Crippen molar-refractivity contribution >= 4 is 7.60 Å². The Bertz CT molecular complexity index is 1060. The van der Waals surface area contributed by atoms with Gasteiger partial charge in [0.15, 0.2) is 18.9 Å². The first-order valence-corrected chi connectivity index (χ1v) is 12.7. The molecule has 12 heteroatoms. The Hall–Kier alpha value is -2.11. The fourth-order valence-corrected chi connectivity index (χ4v) is 4.88. The standard InChI is InChI=1S/C22H31N2O9P/c1-4-31-34(27,32-5-2)16-30-20-13-18(28-3)21(33-20)23-12-11-19(25)24(22(23)26)15-29-14-17-9-7-6-8-10-17/h6-12,18,20-21H,4-5,13-16H2,1-3H3/t18-,20+,21-/m1/s1. The van der Waals surface area contributed by atoms with Crippen LogP contribution in [0.2, 0.25) is 0 Å². The number of methoxy groups -OCH3 is 1. The van der Waals surface area contributed by atoms with Gasteiger partial charge in [0.2, 0.25) is 0 Å². The van der Waals surface area contributed by atoms with Gasteiger partial charge in [0.1, 0.15) is 12.8 Å². The molecular formula is C22H31N2O9P. The number of aromatic nitrogens is 2. The van der Waals surface area contributed by atoms with Gasteiger partial charge in [-0.15, -0.1) is 0 Å². The molecule has 0 bridgehead atoms. The van der Waals surface area contributed by atoms with Gasteiger partial charge in [-0.25, -0.2) is 9.36 Å². The van der Waals surface area contributed by atoms with Crippen LogP contribution in [0.4, 0.5) is 0 Å². The number of ether oxygens (including phenoxy) is 4. The maximum Gasteiger partial charge on any atom is 0.356 e. The summed E-state index contributed by atoms with van der Waals surface area (Å²) in [5.74, 6) is 0. The van der Waals surface area contributed by atoms with Gasteiger partial charge >= 0.3 is 13.3 Å². The Morgan fingerprint density at radius 1 is 1.09 bits per heavy atom. The monoisotopic (exact) mass is 498 g/mol. The molecule has 1 aliphatic heterocycles. The topological polar surface area (TPSA) is 116 Å². The van der Waals surface area contributed by atoms with Gasteiger partial charge in [-0.1, -0.05) is 30.3 Å². The molecule has 0 unspecified atom stereocenters. The molecule has 0 radical (unpaired) electrons. The zero-order valence-corrected chi connectivity index (χ0v) is 20.4. The Balaban J connectivity index is 1.70. The highest BCUT2D eigenvalue weighted by atomic mass is 31.2. The average Bonchev–Trinajstić information content (AvgIpc) is 3.24. The van der Waals surface area contributed by atoms with Crippen molar-refractivity contribution < 1.29 is 32.6 Å². The van der Waals surface area contributed by atoms with E-state index in [0.717, 1.165) is 10.1 Å². The maximum absolute atomic E-state index is 13.1. The third-order valence-electron chi connectivity index (χ3n) is 5.11. The maximum atomic E-state index is 13.1. The molecule has 0 saturated carbocycles. The van der Waals surface area contributed by atoms with Gasteiger partial charge in [-0.05, 0) is 19.4 Å². The number of nitrogens with zero attached hydrogens (tertiary/aromatic N) is 2. The van der Waals surface area contributed by atoms with Gasteiger partial charge in [0.05, 0.1) is 19.8 Å². The van der Waals surface area contributed by atoms with Crippen molar-refractivity contribution in [2.45, 2.75) is 52.2 Å². The molecule has 2 aromatic rings. The van der Waals surface area contributed by atoms with Crippen LogP contribution >= 0.6 is 7.60 Å². The van der Waals surface area contributed by atoms with Crippen LogP contribution in [-0.2, 0) is 45.9 Å². The number of hydrogen-bond acceptors (Lipinski definition) is 9. The molecule has 0 amide bonds. The highest BCUT2D eigenvalue weighted by Crippen LogP contribution is 2.48. The van der Waals surface area contributed by atoms with Crippen LogP contribution in [0.25, 0.3) is 0 Å². The second kappa shape index (κ2) is 12.6. The fraction of sp³-hybridized carbons (Fsp3) is 0.545. The van der Waals surface area contributed by atoms with E-state index in [-0.39, 0.29) is 39.3 Å². The smallest absolute Gasteiger partial charge is 0.356 e. The first-order chi connectivity index (χ1) is 16.4. The summed E-state index contributed by atoms with van der Waals surface area (Å²) in [5.41, 5.74) is -0.187. The van der Waals surface area contributed by atoms with Gasteiger partial charge in [-0.3, -0.25) is 13.9 Å². The molecule has 11 nitrogen and oxygen atoms in total. The zero-order chi connectivity index (χ0) is 24.6. The summed E-state index contributed by atoms with van der Waals surface area (Å²) in [6, 6.07) is 10.7. The Morgan fingerprint density at radius 3 is 2.44 bits per heavy atom. The summed E-state index contributed by atoms with van der Waals surface area (Å²) >= 11 is 0. The third kappa shape index (κ3) is 6.73. The molecule has 1 fully saturated rings. The van der Waals surface area contributed by atoms with Gasteiger partial charge in [0.25, 0.3) is 5.56 Å². The van der Waals surface area contributed by atoms with Gasteiger partial charge < -0.3 is 28.0 Å². The lowest BCUT2D eigenvalue weighted by molar-refractivity contribution is -0.149. The first-order valence-electron chi connectivity index (χ1n) is 11.0. The van der Waals surface area contributed by atoms with E-state index >= 15 is 0 Å². The average molecular weight is 498 g/mol. The SMILES string of the molecule is CCOP(=O)(CO[C@@H]1C[C@@H](OC)[C@H](n2ccc(=O)n(COCc3ccccc3)c2=O)O1)OCC. The van der Waals surface area contributed by atoms with E-state index < -0.39 is 37.5 Å². The minimum atomic E-state index is -3.43. The molecule has 0 aliphatic carbocycles. The van der Waals surface area contributed by atoms with E-state index in [1.165, 1.54) is 23.9 Å². The predicted molar refractivity (Wildman–Crippen MR) is 122 cm³/mol. The van der Waals surface area contributed by atoms with Crippen molar-refractivity contribution in [3.05, 3.63) is 69.0 Å². The summed E-state index contributed by atoms with van der Waals surface area (Å²) in [4.78, 5) is 25.4. The van der Waals surface area contributed by atoms with Crippen molar-refractivity contribution in [3.8, 4) is 0 Å². The van der Waals surface area contributed by atoms with Crippen LogP contribution in [0.15, 0.2) is 52.2 Å². The summed E-state index contributed by atoms with van der Waals surface area (Å²) < 4.78 is 47.9. The van der Waals surface area contributed by atoms with E-state index in [0.29, 0.717) is 0 Å². The number of hydrogen-bond donors (Lipinski definition) is 0. The second-order valence-corrected chi connectivity index (χ2v) is 9.44. The van der Waals surface area contributed by atoms with Crippen LogP contribution < -0.4 is 11.2 Å². The molecule has 1 aromatic heterocycles. The lowest BCUT2D eigenvalue weighted by atomic mass is 10.2. The molecule has 0 spiro atoms. The number of rotatable bonds is 13. The third-order valence-corrected chi connectivity index (χ3v) is 6.88. The molecular weight excluding hydrogens is 467 g/mol. The van der Waals surface area contributed by atoms with E-state index in [2.05, 4.69) is 0 Å². The summed E-state index contributed by atoms with van der Waals surface area (Å²) in [7, 11) is -1.94. The highest BCUT2D eigenvalue weighted by molar-refractivity contribution is 7.53. The molecule has 1 aliphatic rings. The second-order valence-electron chi connectivity index (χ2n) is 7.44. The van der Waals surface area contributed by atoms with Gasteiger partial charge in [-0.2, -0.15) is 0 Å². The number of benzene rings is 1. The van der Waals surface area contributed by atoms with Crippen LogP contribution in [0.1, 0.15) is 32.1 Å². The fourth-order valence-electron chi connectivity index (χ4n) is 3.52. The Morgan fingerprint density at radius 2 is 1.79 bits per heavy atom. The minimum Gasteiger partial charge on any atom is -0.377 e. The van der Waals surface area contributed by atoms with Crippen molar-refractivity contribution in [2.75, 3.05) is 26.7 Å². The lowest BCUT2D eigenvalue weighted by Crippen LogP contribution is -2.42. The summed E-state index contributed by atoms with van der Waals surface area (Å²) in [5, 5.41) is 0. The summed E-state index contributed by atoms with van der Waals surface area (Å²) in [6.07, 6.45) is -0.895. The largest absolute Gasteiger partial charge is 0.377 e. The highest BCUT2D eigenvalue weighted by Gasteiger charge is 2.39. The molecule has 3 rings (SSSR count). The van der Waals surface area contributed by atoms with E-state index in [1.807, 2.05) is 30.3 Å². The minimum absolute atomic E-state index is 0.207. The lowest BCUT2D eigenvalue weighted by Gasteiger charge is -2.21. The van der Waals surface area contributed by atoms with Crippen molar-refractivity contribution in [3.63, 3.8) is 0 Å². The molecule has 1 saturated heterocycles. The Kier molecular flexibility index (Phi) is 9.78. The molecule has 34 heavy (non-hydrogen) atoms. The molecule has 3 atom stereocenters. The zero-order valence-electron chi connectivity index (χ0n) is 19.5. The van der Waals surface area contributed by atoms with E-state index in [1.54, 1.807) is 13.8 Å². The van der Waals surface area contributed by atoms with Crippen LogP contribution in [0.5, 0.6) is 0 Å². The van der Waals surface area contributed by atoms with Crippen molar-refractivity contribution in [1.82, 2.24) is 9.13 Å². The molecule has 1 aromatic carbocycles. The molecule has 188 valence electrons. The van der Waals surface area contributed by atoms with Crippen LogP contribution in [-0.4, -0.2) is 48.2 Å². The Labute approximate surface area is 197 Å². The van der Waals surface area contributed by atoms with E-state index in [4.69, 9.17) is 28.0 Å². The molecule has 2 heterocycles. The normalized spacial score (nSPS) is 20.6. The van der Waals surface area contributed by atoms with Crippen LogP contribution in [0.3, 0.4) is 0 Å². The van der Waals surface area contributed by atoms with Crippen molar-refractivity contribution in [2.24, 2.45) is 0 Å². The molecule has 0 N–H and O–H groups in total. The van der Waals surface area contributed by atoms with Crippen LogP contribution in [0, 0.1) is 0 Å². The first kappa shape index (κ1) is 26.5. The van der Waals surface area contributed by atoms with Gasteiger partial charge in [0, 0.05) is 25.8 Å². The predicted octanol–water partition coefficient (Wildman–Crippen LogP) is 2.68. The van der Waals surface area contributed by atoms with Crippen molar-refractivity contribution in [1.29, 1.82) is 0 Å². The quantitative estimate of drug-likeness (QED) is 0.384. The van der Waals surface area contributed by atoms with E-state index in [9.17, 15) is 14.2 Å². The summed E-state index contributed by atoms with van der Waals surface area (Å²) in [6.45, 7) is 3.86.